The van der Waals surface area contributed by atoms with Gasteiger partial charge in [-0.2, -0.15) is 0 Å². The number of thiophene rings is 1. The summed E-state index contributed by atoms with van der Waals surface area (Å²) in [5, 5.41) is 3.29. The summed E-state index contributed by atoms with van der Waals surface area (Å²) in [6, 6.07) is 13.9. The lowest BCUT2D eigenvalue weighted by atomic mass is 10.1. The highest BCUT2D eigenvalue weighted by atomic mass is 32.1. The van der Waals surface area contributed by atoms with E-state index in [1.165, 1.54) is 10.1 Å². The standard InChI is InChI=1S/C17H13NO2S/c1-20-14-4-5-15-12(8-14)10-18(17(15)19)13-3-2-11-6-7-21-16(11)9-13/h2-9H,10H2,1H3. The van der Waals surface area contributed by atoms with Crippen molar-refractivity contribution in [1.29, 1.82) is 0 Å². The Bertz CT molecular complexity index is 853. The lowest BCUT2D eigenvalue weighted by Gasteiger charge is -2.15. The number of benzene rings is 2. The van der Waals surface area contributed by atoms with Crippen LogP contribution in [0.4, 0.5) is 5.69 Å². The van der Waals surface area contributed by atoms with Crippen molar-refractivity contribution in [1.82, 2.24) is 0 Å². The van der Waals surface area contributed by atoms with Gasteiger partial charge in [0.1, 0.15) is 5.75 Å². The molecule has 4 heteroatoms. The number of amides is 1. The fourth-order valence-electron chi connectivity index (χ4n) is 2.74. The molecule has 0 spiro atoms. The Morgan fingerprint density at radius 1 is 1.14 bits per heavy atom. The Kier molecular flexibility index (Phi) is 2.72. The smallest absolute Gasteiger partial charge is 0.258 e. The lowest BCUT2D eigenvalue weighted by molar-refractivity contribution is 0.0996. The molecule has 0 fully saturated rings. The Morgan fingerprint density at radius 3 is 2.90 bits per heavy atom. The van der Waals surface area contributed by atoms with Gasteiger partial charge in [-0.1, -0.05) is 6.07 Å². The number of carbonyl (C=O) groups excluding carboxylic acids is 1. The van der Waals surface area contributed by atoms with Crippen LogP contribution in [0.15, 0.2) is 47.8 Å². The van der Waals surface area contributed by atoms with Crippen LogP contribution in [0.1, 0.15) is 15.9 Å². The molecule has 0 aliphatic carbocycles. The first-order chi connectivity index (χ1) is 10.3. The van der Waals surface area contributed by atoms with Crippen LogP contribution in [-0.4, -0.2) is 13.0 Å². The number of carbonyl (C=O) groups is 1. The van der Waals surface area contributed by atoms with E-state index in [0.29, 0.717) is 6.54 Å². The van der Waals surface area contributed by atoms with Crippen molar-refractivity contribution in [3.05, 3.63) is 59.0 Å². The summed E-state index contributed by atoms with van der Waals surface area (Å²) >= 11 is 1.69. The number of hydrogen-bond acceptors (Lipinski definition) is 3. The number of rotatable bonds is 2. The predicted molar refractivity (Wildman–Crippen MR) is 85.3 cm³/mol. The maximum atomic E-state index is 12.6. The molecule has 0 N–H and O–H groups in total. The highest BCUT2D eigenvalue weighted by Gasteiger charge is 2.28. The molecule has 1 aromatic heterocycles. The molecule has 0 atom stereocenters. The van der Waals surface area contributed by atoms with Gasteiger partial charge in [-0.15, -0.1) is 11.3 Å². The minimum absolute atomic E-state index is 0.0589. The Morgan fingerprint density at radius 2 is 2.05 bits per heavy atom. The van der Waals surface area contributed by atoms with Gasteiger partial charge in [-0.05, 0) is 52.7 Å². The summed E-state index contributed by atoms with van der Waals surface area (Å²) in [6.45, 7) is 0.599. The SMILES string of the molecule is COc1ccc2c(c1)CN(c1ccc3ccsc3c1)C2=O. The van der Waals surface area contributed by atoms with Gasteiger partial charge in [0.15, 0.2) is 0 Å². The molecule has 3 nitrogen and oxygen atoms in total. The van der Waals surface area contributed by atoms with Gasteiger partial charge in [0.05, 0.1) is 13.7 Å². The van der Waals surface area contributed by atoms with Crippen molar-refractivity contribution >= 4 is 33.0 Å². The molecule has 0 saturated carbocycles. The first-order valence-electron chi connectivity index (χ1n) is 6.72. The normalized spacial score (nSPS) is 13.8. The van der Waals surface area contributed by atoms with Gasteiger partial charge in [0.2, 0.25) is 0 Å². The summed E-state index contributed by atoms with van der Waals surface area (Å²) in [4.78, 5) is 14.4. The van der Waals surface area contributed by atoms with Gasteiger partial charge in [-0.25, -0.2) is 0 Å². The summed E-state index contributed by atoms with van der Waals surface area (Å²) in [6.07, 6.45) is 0. The molecule has 1 amide bonds. The average molecular weight is 295 g/mol. The van der Waals surface area contributed by atoms with Crippen molar-refractivity contribution in [2.45, 2.75) is 6.54 Å². The van der Waals surface area contributed by atoms with Gasteiger partial charge in [-0.3, -0.25) is 4.79 Å². The zero-order chi connectivity index (χ0) is 14.4. The molecule has 0 radical (unpaired) electrons. The third-order valence-electron chi connectivity index (χ3n) is 3.87. The molecular weight excluding hydrogens is 282 g/mol. The Hall–Kier alpha value is -2.33. The molecule has 104 valence electrons. The summed E-state index contributed by atoms with van der Waals surface area (Å²) < 4.78 is 6.44. The quantitative estimate of drug-likeness (QED) is 0.713. The second-order valence-electron chi connectivity index (χ2n) is 5.06. The first-order valence-corrected chi connectivity index (χ1v) is 7.60. The third-order valence-corrected chi connectivity index (χ3v) is 4.75. The van der Waals surface area contributed by atoms with Gasteiger partial charge < -0.3 is 9.64 Å². The number of ether oxygens (including phenoxy) is 1. The molecular formula is C17H13NO2S. The largest absolute Gasteiger partial charge is 0.497 e. The molecule has 3 aromatic rings. The van der Waals surface area contributed by atoms with Crippen molar-refractivity contribution in [2.75, 3.05) is 12.0 Å². The molecule has 1 aliphatic heterocycles. The van der Waals surface area contributed by atoms with Crippen molar-refractivity contribution in [3.63, 3.8) is 0 Å². The fraction of sp³-hybridized carbons (Fsp3) is 0.118. The van der Waals surface area contributed by atoms with E-state index in [1.54, 1.807) is 18.4 Å². The van der Waals surface area contributed by atoms with Crippen LogP contribution in [0, 0.1) is 0 Å². The summed E-state index contributed by atoms with van der Waals surface area (Å²) in [7, 11) is 1.64. The number of nitrogens with zero attached hydrogens (tertiary/aromatic N) is 1. The summed E-state index contributed by atoms with van der Waals surface area (Å²) in [5.41, 5.74) is 2.73. The monoisotopic (exact) mass is 295 g/mol. The number of hydrogen-bond donors (Lipinski definition) is 0. The van der Waals surface area contributed by atoms with E-state index in [4.69, 9.17) is 4.74 Å². The Balaban J connectivity index is 1.75. The van der Waals surface area contributed by atoms with Crippen LogP contribution in [0.5, 0.6) is 5.75 Å². The van der Waals surface area contributed by atoms with Crippen LogP contribution in [0.3, 0.4) is 0 Å². The van der Waals surface area contributed by atoms with Crippen molar-refractivity contribution in [2.24, 2.45) is 0 Å². The molecule has 0 bridgehead atoms. The van der Waals surface area contributed by atoms with Crippen LogP contribution < -0.4 is 9.64 Å². The van der Waals surface area contributed by atoms with Gasteiger partial charge >= 0.3 is 0 Å². The van der Waals surface area contributed by atoms with E-state index in [1.807, 2.05) is 29.2 Å². The fourth-order valence-corrected chi connectivity index (χ4v) is 3.57. The zero-order valence-electron chi connectivity index (χ0n) is 11.5. The topological polar surface area (TPSA) is 29.5 Å². The van der Waals surface area contributed by atoms with Crippen LogP contribution in [-0.2, 0) is 6.54 Å². The highest BCUT2D eigenvalue weighted by Crippen LogP contribution is 2.33. The van der Waals surface area contributed by atoms with Crippen molar-refractivity contribution in [3.8, 4) is 5.75 Å². The van der Waals surface area contributed by atoms with Gasteiger partial charge in [0, 0.05) is 16.0 Å². The third kappa shape index (κ3) is 1.91. The predicted octanol–water partition coefficient (Wildman–Crippen LogP) is 4.07. The number of fused-ring (bicyclic) bond motifs is 2. The number of methoxy groups -OCH3 is 1. The zero-order valence-corrected chi connectivity index (χ0v) is 12.3. The maximum absolute atomic E-state index is 12.6. The number of anilines is 1. The maximum Gasteiger partial charge on any atom is 0.258 e. The van der Waals surface area contributed by atoms with E-state index < -0.39 is 0 Å². The highest BCUT2D eigenvalue weighted by molar-refractivity contribution is 7.17. The lowest BCUT2D eigenvalue weighted by Crippen LogP contribution is -2.22. The minimum atomic E-state index is 0.0589. The second-order valence-corrected chi connectivity index (χ2v) is 6.00. The molecule has 2 heterocycles. The average Bonchev–Trinajstić information content (AvgIpc) is 3.10. The first kappa shape index (κ1) is 12.4. The van der Waals surface area contributed by atoms with E-state index in [-0.39, 0.29) is 5.91 Å². The molecule has 0 saturated heterocycles. The minimum Gasteiger partial charge on any atom is -0.497 e. The van der Waals surface area contributed by atoms with E-state index >= 15 is 0 Å². The van der Waals surface area contributed by atoms with E-state index in [2.05, 4.69) is 23.6 Å². The van der Waals surface area contributed by atoms with Gasteiger partial charge in [0.25, 0.3) is 5.91 Å². The van der Waals surface area contributed by atoms with Crippen molar-refractivity contribution < 1.29 is 9.53 Å². The molecule has 1 aliphatic rings. The molecule has 21 heavy (non-hydrogen) atoms. The summed E-state index contributed by atoms with van der Waals surface area (Å²) in [5.74, 6) is 0.848. The van der Waals surface area contributed by atoms with E-state index in [9.17, 15) is 4.79 Å². The van der Waals surface area contributed by atoms with E-state index in [0.717, 1.165) is 22.6 Å². The van der Waals surface area contributed by atoms with Crippen LogP contribution >= 0.6 is 11.3 Å². The Labute approximate surface area is 126 Å². The van der Waals surface area contributed by atoms with Crippen LogP contribution in [0.2, 0.25) is 0 Å². The second kappa shape index (κ2) is 4.60. The molecule has 0 unspecified atom stereocenters. The molecule has 4 rings (SSSR count). The van der Waals surface area contributed by atoms with Crippen LogP contribution in [0.25, 0.3) is 10.1 Å². The molecule has 2 aromatic carbocycles.